The van der Waals surface area contributed by atoms with Crippen LogP contribution in [0.5, 0.6) is 0 Å². The fourth-order valence-corrected chi connectivity index (χ4v) is 6.86. The van der Waals surface area contributed by atoms with Crippen molar-refractivity contribution in [3.05, 3.63) is 53.0 Å². The molecule has 6 rings (SSSR count). The van der Waals surface area contributed by atoms with E-state index in [1.807, 2.05) is 6.92 Å². The van der Waals surface area contributed by atoms with Crippen LogP contribution < -0.4 is 10.7 Å². The first kappa shape index (κ1) is 28.1. The molecule has 2 saturated heterocycles. The largest absolute Gasteiger partial charge is 0.382 e. The number of anilines is 1. The van der Waals surface area contributed by atoms with Gasteiger partial charge >= 0.3 is 0 Å². The predicted molar refractivity (Wildman–Crippen MR) is 162 cm³/mol. The van der Waals surface area contributed by atoms with E-state index in [9.17, 15) is 4.79 Å². The van der Waals surface area contributed by atoms with Gasteiger partial charge in [-0.2, -0.15) is 0 Å². The lowest BCUT2D eigenvalue weighted by atomic mass is 9.85. The van der Waals surface area contributed by atoms with Gasteiger partial charge in [-0.15, -0.1) is 0 Å². The minimum Gasteiger partial charge on any atom is -0.382 e. The quantitative estimate of drug-likeness (QED) is 0.449. The maximum atomic E-state index is 13.0. The highest BCUT2D eigenvalue weighted by atomic mass is 16.5. The first-order valence-electron chi connectivity index (χ1n) is 15.5. The molecule has 0 bridgehead atoms. The first-order valence-corrected chi connectivity index (χ1v) is 15.5. The van der Waals surface area contributed by atoms with Crippen molar-refractivity contribution in [3.8, 4) is 0 Å². The van der Waals surface area contributed by atoms with Crippen molar-refractivity contribution in [1.82, 2.24) is 29.9 Å². The van der Waals surface area contributed by atoms with Gasteiger partial charge < -0.3 is 14.6 Å². The molecule has 0 unspecified atom stereocenters. The van der Waals surface area contributed by atoms with E-state index in [1.54, 1.807) is 0 Å². The van der Waals surface area contributed by atoms with Crippen LogP contribution in [-0.4, -0.2) is 81.8 Å². The number of fused-ring (bicyclic) bond motifs is 1. The number of morpholine rings is 1. The number of piperidine rings is 1. The van der Waals surface area contributed by atoms with Crippen LogP contribution >= 0.6 is 0 Å². The van der Waals surface area contributed by atoms with Crippen LogP contribution in [0.25, 0.3) is 11.2 Å². The van der Waals surface area contributed by atoms with Crippen LogP contribution in [0, 0.1) is 26.7 Å². The molecule has 1 amide bonds. The number of rotatable bonds is 7. The Hall–Kier alpha value is -3.01. The van der Waals surface area contributed by atoms with Crippen LogP contribution in [0.4, 0.5) is 5.69 Å². The summed E-state index contributed by atoms with van der Waals surface area (Å²) in [5.74, 6) is 1.31. The van der Waals surface area contributed by atoms with Gasteiger partial charge in [-0.05, 0) is 88.6 Å². The third-order valence-corrected chi connectivity index (χ3v) is 9.27. The summed E-state index contributed by atoms with van der Waals surface area (Å²) in [6.07, 6.45) is 6.14. The molecule has 0 spiro atoms. The number of imidazole rings is 1. The molecule has 2 N–H and O–H groups in total. The third-order valence-electron chi connectivity index (χ3n) is 9.27. The summed E-state index contributed by atoms with van der Waals surface area (Å²) in [7, 11) is 0. The van der Waals surface area contributed by atoms with Crippen molar-refractivity contribution < 1.29 is 9.53 Å². The van der Waals surface area contributed by atoms with E-state index in [2.05, 4.69) is 69.4 Å². The van der Waals surface area contributed by atoms with E-state index in [0.717, 1.165) is 113 Å². The normalized spacial score (nSPS) is 23.1. The maximum absolute atomic E-state index is 13.0. The van der Waals surface area contributed by atoms with Gasteiger partial charge in [0.1, 0.15) is 11.3 Å². The van der Waals surface area contributed by atoms with Gasteiger partial charge in [0.05, 0.1) is 19.8 Å². The summed E-state index contributed by atoms with van der Waals surface area (Å²) in [5.41, 5.74) is 9.75. The molecule has 1 aromatic carbocycles. The summed E-state index contributed by atoms with van der Waals surface area (Å²) in [5, 5.41) is 5.86. The summed E-state index contributed by atoms with van der Waals surface area (Å²) < 4.78 is 7.70. The average molecular weight is 560 g/mol. The van der Waals surface area contributed by atoms with E-state index in [-0.39, 0.29) is 11.8 Å². The van der Waals surface area contributed by atoms with Crippen molar-refractivity contribution >= 4 is 22.8 Å². The summed E-state index contributed by atoms with van der Waals surface area (Å²) in [6, 6.07) is 11.9. The minimum absolute atomic E-state index is 0.113. The number of aromatic nitrogens is 3. The number of hydrogen-bond donors (Lipinski definition) is 2. The number of nitrogens with one attached hydrogen (secondary N) is 2. The third kappa shape index (κ3) is 6.58. The fourth-order valence-electron chi connectivity index (χ4n) is 6.86. The van der Waals surface area contributed by atoms with Crippen LogP contribution in [0.2, 0.25) is 0 Å². The molecule has 3 aliphatic rings. The molecule has 9 nitrogen and oxygen atoms in total. The Morgan fingerprint density at radius 1 is 0.927 bits per heavy atom. The number of aryl methyl sites for hydroxylation is 3. The Balaban J connectivity index is 0.953. The average Bonchev–Trinajstić information content (AvgIpc) is 3.30. The number of hydrazine groups is 1. The molecule has 2 aliphatic heterocycles. The number of hydrogen-bond acceptors (Lipinski definition) is 7. The SMILES string of the molecule is Cc1cc(C)c2nc(C)n(Cc3ccc(NC4CCC(C(=O)NN5CCC(N6CCOCC6)CC5)CC4)cc3)c2n1. The lowest BCUT2D eigenvalue weighted by Gasteiger charge is -2.40. The highest BCUT2D eigenvalue weighted by Crippen LogP contribution is 2.28. The van der Waals surface area contributed by atoms with Crippen molar-refractivity contribution in [3.63, 3.8) is 0 Å². The zero-order valence-corrected chi connectivity index (χ0v) is 24.9. The van der Waals surface area contributed by atoms with E-state index in [4.69, 9.17) is 14.7 Å². The second-order valence-electron chi connectivity index (χ2n) is 12.2. The van der Waals surface area contributed by atoms with Gasteiger partial charge in [-0.3, -0.25) is 15.1 Å². The van der Waals surface area contributed by atoms with Crippen LogP contribution in [-0.2, 0) is 16.1 Å². The zero-order valence-electron chi connectivity index (χ0n) is 24.9. The Morgan fingerprint density at radius 2 is 1.63 bits per heavy atom. The van der Waals surface area contributed by atoms with Gasteiger partial charge in [-0.25, -0.2) is 15.0 Å². The molecular weight excluding hydrogens is 514 g/mol. The number of carbonyl (C=O) groups is 1. The number of benzene rings is 1. The smallest absolute Gasteiger partial charge is 0.237 e. The van der Waals surface area contributed by atoms with Gasteiger partial charge in [0.15, 0.2) is 5.65 Å². The fraction of sp³-hybridized carbons (Fsp3) is 0.594. The minimum atomic E-state index is 0.113. The van der Waals surface area contributed by atoms with E-state index in [1.165, 1.54) is 11.1 Å². The summed E-state index contributed by atoms with van der Waals surface area (Å²) in [4.78, 5) is 25.1. The number of pyridine rings is 1. The maximum Gasteiger partial charge on any atom is 0.237 e. The standard InChI is InChI=1S/C32H45N7O2/c1-22-20-23(2)33-31-30(22)34-24(3)39(31)21-25-4-8-27(9-5-25)35-28-10-6-26(7-11-28)32(40)36-38-14-12-29(13-15-38)37-16-18-41-19-17-37/h4-5,8-9,20,26,28-29,35H,6-7,10-19,21H2,1-3H3,(H,36,40). The molecule has 3 fully saturated rings. The number of nitrogens with zero attached hydrogens (tertiary/aromatic N) is 5. The Bertz CT molecular complexity index is 1330. The van der Waals surface area contributed by atoms with Crippen LogP contribution in [0.3, 0.4) is 0 Å². The molecule has 0 radical (unpaired) electrons. The summed E-state index contributed by atoms with van der Waals surface area (Å²) >= 11 is 0. The molecule has 3 aromatic rings. The van der Waals surface area contributed by atoms with Crippen molar-refractivity contribution in [2.45, 2.75) is 77.9 Å². The zero-order chi connectivity index (χ0) is 28.3. The molecule has 41 heavy (non-hydrogen) atoms. The topological polar surface area (TPSA) is 87.6 Å². The highest BCUT2D eigenvalue weighted by Gasteiger charge is 2.30. The van der Waals surface area contributed by atoms with Crippen molar-refractivity contribution in [1.29, 1.82) is 0 Å². The second kappa shape index (κ2) is 12.5. The number of amides is 1. The predicted octanol–water partition coefficient (Wildman–Crippen LogP) is 4.20. The van der Waals surface area contributed by atoms with Gasteiger partial charge in [0.25, 0.3) is 0 Å². The highest BCUT2D eigenvalue weighted by molar-refractivity contribution is 5.78. The second-order valence-corrected chi connectivity index (χ2v) is 12.2. The van der Waals surface area contributed by atoms with Gasteiger partial charge in [-0.1, -0.05) is 12.1 Å². The lowest BCUT2D eigenvalue weighted by Crippen LogP contribution is -2.54. The van der Waals surface area contributed by atoms with Gasteiger partial charge in [0, 0.05) is 55.6 Å². The molecule has 1 aliphatic carbocycles. The Labute approximate surface area is 243 Å². The summed E-state index contributed by atoms with van der Waals surface area (Å²) in [6.45, 7) is 12.6. The van der Waals surface area contributed by atoms with Crippen LogP contribution in [0.1, 0.15) is 61.2 Å². The molecule has 2 aromatic heterocycles. The van der Waals surface area contributed by atoms with Crippen molar-refractivity contribution in [2.24, 2.45) is 5.92 Å². The van der Waals surface area contributed by atoms with Crippen LogP contribution in [0.15, 0.2) is 30.3 Å². The monoisotopic (exact) mass is 559 g/mol. The van der Waals surface area contributed by atoms with E-state index in [0.29, 0.717) is 12.1 Å². The molecule has 220 valence electrons. The molecule has 1 saturated carbocycles. The van der Waals surface area contributed by atoms with Gasteiger partial charge in [0.2, 0.25) is 5.91 Å². The Morgan fingerprint density at radius 3 is 2.34 bits per heavy atom. The van der Waals surface area contributed by atoms with E-state index >= 15 is 0 Å². The molecule has 4 heterocycles. The van der Waals surface area contributed by atoms with E-state index < -0.39 is 0 Å². The lowest BCUT2D eigenvalue weighted by molar-refractivity contribution is -0.132. The molecular formula is C32H45N7O2. The first-order chi connectivity index (χ1) is 19.9. The number of ether oxygens (including phenoxy) is 1. The number of carbonyl (C=O) groups excluding carboxylic acids is 1. The van der Waals surface area contributed by atoms with Crippen molar-refractivity contribution in [2.75, 3.05) is 44.7 Å². The molecule has 9 heteroatoms. The Kier molecular flexibility index (Phi) is 8.55. The molecule has 0 atom stereocenters.